The predicted octanol–water partition coefficient (Wildman–Crippen LogP) is 3.84. The van der Waals surface area contributed by atoms with Crippen LogP contribution in [-0.4, -0.2) is 37.6 Å². The van der Waals surface area contributed by atoms with E-state index in [1.807, 2.05) is 78.9 Å². The molecule has 3 aromatic carbocycles. The number of carbonyl (C=O) groups is 3. The third-order valence-electron chi connectivity index (χ3n) is 5.87. The normalized spacial score (nSPS) is 15.4. The number of carbonyl (C=O) groups excluding carboxylic acids is 3. The summed E-state index contributed by atoms with van der Waals surface area (Å²) < 4.78 is 5.25. The highest BCUT2D eigenvalue weighted by Crippen LogP contribution is 2.39. The molecule has 1 heterocycles. The molecule has 1 unspecified atom stereocenters. The van der Waals surface area contributed by atoms with E-state index >= 15 is 0 Å². The average molecular weight is 458 g/mol. The number of alkyl carbamates (subject to hydrolysis) is 1. The minimum atomic E-state index is -1.08. The number of rotatable bonds is 6. The van der Waals surface area contributed by atoms with Gasteiger partial charge in [0.1, 0.15) is 6.04 Å². The third kappa shape index (κ3) is 4.93. The first-order chi connectivity index (χ1) is 16.5. The van der Waals surface area contributed by atoms with Crippen LogP contribution < -0.4 is 15.5 Å². The van der Waals surface area contributed by atoms with Gasteiger partial charge in [-0.3, -0.25) is 9.59 Å². The van der Waals surface area contributed by atoms with Crippen LogP contribution in [-0.2, 0) is 20.7 Å². The molecule has 2 atom stereocenters. The standard InChI is InChI=1S/C27H27N3O4/c1-18(34-27(33)28-17-16-19-10-4-3-5-11-19)25(31)29-24-22-14-7-6-12-20(22)21-13-8-9-15-23(21)30(2)26(24)32/h3-15,18,24H,16-17H2,1-2H3,(H,28,33)(H,29,31)/t18-,24?/m0/s1. The van der Waals surface area contributed by atoms with Gasteiger partial charge in [0.05, 0.1) is 5.69 Å². The Balaban J connectivity index is 1.42. The molecule has 0 saturated heterocycles. The second-order valence-corrected chi connectivity index (χ2v) is 8.15. The van der Waals surface area contributed by atoms with Gasteiger partial charge in [-0.15, -0.1) is 0 Å². The zero-order chi connectivity index (χ0) is 24.1. The number of para-hydroxylation sites is 1. The molecule has 3 aromatic rings. The van der Waals surface area contributed by atoms with Crippen molar-refractivity contribution in [2.75, 3.05) is 18.5 Å². The van der Waals surface area contributed by atoms with E-state index in [0.29, 0.717) is 18.5 Å². The number of likely N-dealkylation sites (N-methyl/N-ethyl adjacent to an activating group) is 1. The van der Waals surface area contributed by atoms with Gasteiger partial charge in [0.15, 0.2) is 6.10 Å². The molecule has 0 fully saturated rings. The van der Waals surface area contributed by atoms with Crippen LogP contribution in [0.3, 0.4) is 0 Å². The zero-order valence-electron chi connectivity index (χ0n) is 19.2. The molecule has 0 bridgehead atoms. The molecule has 7 heteroatoms. The number of anilines is 1. The molecule has 7 nitrogen and oxygen atoms in total. The lowest BCUT2D eigenvalue weighted by Gasteiger charge is -2.24. The molecular weight excluding hydrogens is 430 g/mol. The largest absolute Gasteiger partial charge is 0.436 e. The van der Waals surface area contributed by atoms with Crippen molar-refractivity contribution in [1.29, 1.82) is 0 Å². The van der Waals surface area contributed by atoms with E-state index in [1.54, 1.807) is 11.9 Å². The average Bonchev–Trinajstić information content (AvgIpc) is 2.94. The van der Waals surface area contributed by atoms with Crippen LogP contribution in [0.4, 0.5) is 10.5 Å². The quantitative estimate of drug-likeness (QED) is 0.589. The van der Waals surface area contributed by atoms with E-state index in [4.69, 9.17) is 4.74 Å². The highest BCUT2D eigenvalue weighted by Gasteiger charge is 2.34. The van der Waals surface area contributed by atoms with Crippen molar-refractivity contribution in [2.24, 2.45) is 0 Å². The van der Waals surface area contributed by atoms with Gasteiger partial charge in [0.2, 0.25) is 0 Å². The van der Waals surface area contributed by atoms with Crippen LogP contribution in [0, 0.1) is 0 Å². The summed E-state index contributed by atoms with van der Waals surface area (Å²) in [5.74, 6) is -0.823. The minimum absolute atomic E-state index is 0.273. The van der Waals surface area contributed by atoms with Crippen molar-refractivity contribution in [3.63, 3.8) is 0 Å². The summed E-state index contributed by atoms with van der Waals surface area (Å²) in [5.41, 5.74) is 4.32. The molecule has 1 aliphatic heterocycles. The number of amides is 3. The number of benzene rings is 3. The van der Waals surface area contributed by atoms with Crippen molar-refractivity contribution >= 4 is 23.6 Å². The Morgan fingerprint density at radius 2 is 1.59 bits per heavy atom. The highest BCUT2D eigenvalue weighted by molar-refractivity contribution is 6.06. The smallest absolute Gasteiger partial charge is 0.407 e. The van der Waals surface area contributed by atoms with Crippen LogP contribution in [0.15, 0.2) is 78.9 Å². The number of nitrogens with one attached hydrogen (secondary N) is 2. The first-order valence-electron chi connectivity index (χ1n) is 11.2. The molecule has 34 heavy (non-hydrogen) atoms. The summed E-state index contributed by atoms with van der Waals surface area (Å²) in [5, 5.41) is 5.44. The number of nitrogens with zero attached hydrogens (tertiary/aromatic N) is 1. The van der Waals surface area contributed by atoms with E-state index < -0.39 is 24.1 Å². The lowest BCUT2D eigenvalue weighted by atomic mass is 9.95. The van der Waals surface area contributed by atoms with Crippen LogP contribution >= 0.6 is 0 Å². The van der Waals surface area contributed by atoms with Gasteiger partial charge >= 0.3 is 6.09 Å². The van der Waals surface area contributed by atoms with Gasteiger partial charge < -0.3 is 20.3 Å². The lowest BCUT2D eigenvalue weighted by molar-refractivity contribution is -0.132. The van der Waals surface area contributed by atoms with Crippen molar-refractivity contribution in [3.05, 3.63) is 90.0 Å². The van der Waals surface area contributed by atoms with E-state index in [0.717, 1.165) is 22.4 Å². The van der Waals surface area contributed by atoms with Gasteiger partial charge in [0, 0.05) is 19.2 Å². The molecule has 0 radical (unpaired) electrons. The fourth-order valence-electron chi connectivity index (χ4n) is 4.04. The SMILES string of the molecule is C[C@H](OC(=O)NCCc1ccccc1)C(=O)NC1C(=O)N(C)c2ccccc2-c2ccccc21. The van der Waals surface area contributed by atoms with Crippen molar-refractivity contribution < 1.29 is 19.1 Å². The predicted molar refractivity (Wildman–Crippen MR) is 130 cm³/mol. The maximum atomic E-state index is 13.3. The fraction of sp³-hybridized carbons (Fsp3) is 0.222. The first kappa shape index (κ1) is 23.0. The lowest BCUT2D eigenvalue weighted by Crippen LogP contribution is -2.45. The van der Waals surface area contributed by atoms with Crippen LogP contribution in [0.2, 0.25) is 0 Å². The van der Waals surface area contributed by atoms with Crippen LogP contribution in [0.5, 0.6) is 0 Å². The maximum absolute atomic E-state index is 13.3. The Morgan fingerprint density at radius 1 is 0.941 bits per heavy atom. The third-order valence-corrected chi connectivity index (χ3v) is 5.87. The Kier molecular flexibility index (Phi) is 6.92. The van der Waals surface area contributed by atoms with Gasteiger partial charge in [0.25, 0.3) is 11.8 Å². The molecule has 3 amide bonds. The molecule has 0 saturated carbocycles. The second-order valence-electron chi connectivity index (χ2n) is 8.15. The summed E-state index contributed by atoms with van der Waals surface area (Å²) >= 11 is 0. The summed E-state index contributed by atoms with van der Waals surface area (Å²) in [6.45, 7) is 1.87. The van der Waals surface area contributed by atoms with Gasteiger partial charge in [-0.05, 0) is 36.1 Å². The fourth-order valence-corrected chi connectivity index (χ4v) is 4.04. The molecule has 0 aromatic heterocycles. The van der Waals surface area contributed by atoms with E-state index in [9.17, 15) is 14.4 Å². The Bertz CT molecular complexity index is 1200. The molecule has 2 N–H and O–H groups in total. The van der Waals surface area contributed by atoms with Crippen LogP contribution in [0.1, 0.15) is 24.1 Å². The monoisotopic (exact) mass is 457 g/mol. The molecule has 0 spiro atoms. The molecule has 4 rings (SSSR count). The minimum Gasteiger partial charge on any atom is -0.436 e. The van der Waals surface area contributed by atoms with Crippen molar-refractivity contribution in [1.82, 2.24) is 10.6 Å². The van der Waals surface area contributed by atoms with Crippen LogP contribution in [0.25, 0.3) is 11.1 Å². The van der Waals surface area contributed by atoms with Crippen molar-refractivity contribution in [3.8, 4) is 11.1 Å². The number of hydrogen-bond acceptors (Lipinski definition) is 4. The molecule has 174 valence electrons. The Labute approximate surface area is 198 Å². The number of ether oxygens (including phenoxy) is 1. The van der Waals surface area contributed by atoms with Gasteiger partial charge in [-0.1, -0.05) is 72.8 Å². The summed E-state index contributed by atoms with van der Waals surface area (Å²) in [6.07, 6.45) is -1.11. The molecule has 1 aliphatic rings. The molecular formula is C27H27N3O4. The van der Waals surface area contributed by atoms with Crippen molar-refractivity contribution in [2.45, 2.75) is 25.5 Å². The van der Waals surface area contributed by atoms with E-state index in [2.05, 4.69) is 10.6 Å². The maximum Gasteiger partial charge on any atom is 0.407 e. The molecule has 0 aliphatic carbocycles. The summed E-state index contributed by atoms with van der Waals surface area (Å²) in [6, 6.07) is 23.9. The topological polar surface area (TPSA) is 87.7 Å². The highest BCUT2D eigenvalue weighted by atomic mass is 16.6. The van der Waals surface area contributed by atoms with E-state index in [-0.39, 0.29) is 5.91 Å². The number of hydrogen-bond donors (Lipinski definition) is 2. The van der Waals surface area contributed by atoms with Gasteiger partial charge in [-0.2, -0.15) is 0 Å². The van der Waals surface area contributed by atoms with E-state index in [1.165, 1.54) is 6.92 Å². The van der Waals surface area contributed by atoms with Gasteiger partial charge in [-0.25, -0.2) is 4.79 Å². The summed E-state index contributed by atoms with van der Waals surface area (Å²) in [4.78, 5) is 39.9. The Hall–Kier alpha value is -4.13. The number of fused-ring (bicyclic) bond motifs is 3. The second kappa shape index (κ2) is 10.2. The first-order valence-corrected chi connectivity index (χ1v) is 11.2. The Morgan fingerprint density at radius 3 is 2.35 bits per heavy atom. The zero-order valence-corrected chi connectivity index (χ0v) is 19.2. The summed E-state index contributed by atoms with van der Waals surface area (Å²) in [7, 11) is 1.69.